The first-order chi connectivity index (χ1) is 16.1. The normalized spacial score (nSPS) is 11.0. The highest BCUT2D eigenvalue weighted by Crippen LogP contribution is 2.28. The Kier molecular flexibility index (Phi) is 7.27. The van der Waals surface area contributed by atoms with E-state index in [9.17, 15) is 4.79 Å². The number of amides is 1. The molecule has 0 radical (unpaired) electrons. The molecule has 0 aromatic heterocycles. The number of halogens is 2. The first kappa shape index (κ1) is 22.8. The lowest BCUT2D eigenvalue weighted by Crippen LogP contribution is -2.18. The van der Waals surface area contributed by atoms with Gasteiger partial charge in [0.1, 0.15) is 18.1 Å². The second kappa shape index (κ2) is 10.5. The maximum Gasteiger partial charge on any atom is 0.275 e. The van der Waals surface area contributed by atoms with E-state index < -0.39 is 0 Å². The number of hydrogen-bond donors (Lipinski definition) is 1. The van der Waals surface area contributed by atoms with Crippen molar-refractivity contribution in [2.24, 2.45) is 5.10 Å². The Labute approximate surface area is 205 Å². The topological polar surface area (TPSA) is 59.9 Å². The Morgan fingerprint density at radius 2 is 1.79 bits per heavy atom. The molecule has 4 aromatic rings. The zero-order chi connectivity index (χ0) is 23.2. The summed E-state index contributed by atoms with van der Waals surface area (Å²) >= 11 is 9.65. The molecule has 5 nitrogen and oxygen atoms in total. The summed E-state index contributed by atoms with van der Waals surface area (Å²) in [5.41, 5.74) is 4.58. The summed E-state index contributed by atoms with van der Waals surface area (Å²) < 4.78 is 12.1. The second-order valence-corrected chi connectivity index (χ2v) is 8.45. The molecule has 166 valence electrons. The molecular weight excluding hydrogens is 504 g/mol. The molecule has 0 atom stereocenters. The molecule has 0 aliphatic carbocycles. The number of carbonyl (C=O) groups excluding carboxylic acids is 1. The molecule has 1 amide bonds. The summed E-state index contributed by atoms with van der Waals surface area (Å²) in [5, 5.41) is 6.83. The Morgan fingerprint density at radius 1 is 1.03 bits per heavy atom. The average Bonchev–Trinajstić information content (AvgIpc) is 2.84. The molecule has 0 aliphatic rings. The van der Waals surface area contributed by atoms with Crippen LogP contribution in [0.5, 0.6) is 11.5 Å². The third-order valence-corrected chi connectivity index (χ3v) is 5.90. The van der Waals surface area contributed by atoms with Crippen molar-refractivity contribution in [3.63, 3.8) is 0 Å². The van der Waals surface area contributed by atoms with E-state index in [4.69, 9.17) is 21.1 Å². The molecule has 0 heterocycles. The van der Waals surface area contributed by atoms with Crippen molar-refractivity contribution < 1.29 is 14.3 Å². The van der Waals surface area contributed by atoms with Gasteiger partial charge in [0.2, 0.25) is 0 Å². The van der Waals surface area contributed by atoms with Crippen LogP contribution in [0.1, 0.15) is 21.5 Å². The first-order valence-corrected chi connectivity index (χ1v) is 11.3. The van der Waals surface area contributed by atoms with Gasteiger partial charge in [-0.25, -0.2) is 5.43 Å². The standard InChI is InChI=1S/C26H20BrClN2O3/c1-32-24-13-11-19(27)14-21(24)26(31)30-29-15-22-20-8-4-2-6-17(20)10-12-25(22)33-16-18-7-3-5-9-23(18)28/h2-15H,16H2,1H3,(H,30,31)/b29-15-. The van der Waals surface area contributed by atoms with Gasteiger partial charge in [-0.1, -0.05) is 76.1 Å². The number of ether oxygens (including phenoxy) is 2. The summed E-state index contributed by atoms with van der Waals surface area (Å²) in [5.74, 6) is 0.703. The van der Waals surface area contributed by atoms with Crippen LogP contribution in [0.4, 0.5) is 0 Å². The number of hydrogen-bond acceptors (Lipinski definition) is 4. The summed E-state index contributed by atoms with van der Waals surface area (Å²) in [6, 6.07) is 24.5. The molecule has 0 saturated heterocycles. The zero-order valence-corrected chi connectivity index (χ0v) is 20.1. The maximum atomic E-state index is 12.7. The van der Waals surface area contributed by atoms with E-state index >= 15 is 0 Å². The monoisotopic (exact) mass is 522 g/mol. The molecule has 4 aromatic carbocycles. The van der Waals surface area contributed by atoms with Crippen LogP contribution in [-0.2, 0) is 6.61 Å². The van der Waals surface area contributed by atoms with Crippen LogP contribution in [0.15, 0.2) is 88.4 Å². The van der Waals surface area contributed by atoms with E-state index in [2.05, 4.69) is 26.5 Å². The molecule has 0 bridgehead atoms. The minimum atomic E-state index is -0.386. The Balaban J connectivity index is 1.61. The van der Waals surface area contributed by atoms with Crippen LogP contribution in [0, 0.1) is 0 Å². The number of fused-ring (bicyclic) bond motifs is 1. The highest BCUT2D eigenvalue weighted by molar-refractivity contribution is 9.10. The summed E-state index contributed by atoms with van der Waals surface area (Å²) in [6.07, 6.45) is 1.59. The van der Waals surface area contributed by atoms with Crippen LogP contribution in [0.2, 0.25) is 5.02 Å². The van der Waals surface area contributed by atoms with Gasteiger partial charge >= 0.3 is 0 Å². The van der Waals surface area contributed by atoms with Gasteiger partial charge < -0.3 is 9.47 Å². The highest BCUT2D eigenvalue weighted by Gasteiger charge is 2.13. The average molecular weight is 524 g/mol. The molecule has 33 heavy (non-hydrogen) atoms. The molecule has 1 N–H and O–H groups in total. The van der Waals surface area contributed by atoms with Gasteiger partial charge in [0, 0.05) is 20.6 Å². The molecule has 7 heteroatoms. The fourth-order valence-electron chi connectivity index (χ4n) is 3.38. The first-order valence-electron chi connectivity index (χ1n) is 10.1. The van der Waals surface area contributed by atoms with Crippen molar-refractivity contribution >= 4 is 50.4 Å². The predicted octanol–water partition coefficient (Wildman–Crippen LogP) is 6.61. The van der Waals surface area contributed by atoms with Crippen LogP contribution in [-0.4, -0.2) is 19.2 Å². The van der Waals surface area contributed by atoms with E-state index in [1.54, 1.807) is 24.4 Å². The van der Waals surface area contributed by atoms with Gasteiger partial charge in [-0.3, -0.25) is 4.79 Å². The third-order valence-electron chi connectivity index (χ3n) is 5.04. The van der Waals surface area contributed by atoms with Gasteiger partial charge in [-0.05, 0) is 41.1 Å². The lowest BCUT2D eigenvalue weighted by molar-refractivity contribution is 0.0952. The van der Waals surface area contributed by atoms with Crippen LogP contribution in [0.25, 0.3) is 10.8 Å². The number of methoxy groups -OCH3 is 1. The molecular formula is C26H20BrClN2O3. The highest BCUT2D eigenvalue weighted by atomic mass is 79.9. The van der Waals surface area contributed by atoms with Gasteiger partial charge in [-0.2, -0.15) is 5.10 Å². The predicted molar refractivity (Wildman–Crippen MR) is 135 cm³/mol. The number of nitrogens with zero attached hydrogens (tertiary/aromatic N) is 1. The summed E-state index contributed by atoms with van der Waals surface area (Å²) in [7, 11) is 1.52. The van der Waals surface area contributed by atoms with Crippen LogP contribution < -0.4 is 14.9 Å². The number of carbonyl (C=O) groups is 1. The Bertz CT molecular complexity index is 1340. The number of rotatable bonds is 7. The van der Waals surface area contributed by atoms with Gasteiger partial charge in [0.05, 0.1) is 18.9 Å². The van der Waals surface area contributed by atoms with E-state index in [0.717, 1.165) is 26.4 Å². The molecule has 0 aliphatic heterocycles. The smallest absolute Gasteiger partial charge is 0.275 e. The van der Waals surface area contributed by atoms with Gasteiger partial charge in [0.15, 0.2) is 0 Å². The van der Waals surface area contributed by atoms with E-state index in [0.29, 0.717) is 28.7 Å². The molecule has 0 spiro atoms. The number of hydrazone groups is 1. The maximum absolute atomic E-state index is 12.7. The summed E-state index contributed by atoms with van der Waals surface area (Å²) in [6.45, 7) is 0.306. The van der Waals surface area contributed by atoms with Crippen molar-refractivity contribution in [1.82, 2.24) is 5.43 Å². The Hall–Kier alpha value is -3.35. The quantitative estimate of drug-likeness (QED) is 0.219. The van der Waals surface area contributed by atoms with Crippen LogP contribution in [0.3, 0.4) is 0 Å². The minimum Gasteiger partial charge on any atom is -0.496 e. The van der Waals surface area contributed by atoms with Crippen molar-refractivity contribution in [1.29, 1.82) is 0 Å². The molecule has 0 fully saturated rings. The van der Waals surface area contributed by atoms with E-state index in [1.807, 2.05) is 60.7 Å². The molecule has 0 unspecified atom stereocenters. The number of nitrogens with one attached hydrogen (secondary N) is 1. The van der Waals surface area contributed by atoms with Crippen molar-refractivity contribution in [2.45, 2.75) is 6.61 Å². The van der Waals surface area contributed by atoms with E-state index in [1.165, 1.54) is 7.11 Å². The van der Waals surface area contributed by atoms with Gasteiger partial charge in [0.25, 0.3) is 5.91 Å². The van der Waals surface area contributed by atoms with Crippen LogP contribution >= 0.6 is 27.5 Å². The second-order valence-electron chi connectivity index (χ2n) is 7.12. The third kappa shape index (κ3) is 5.35. The zero-order valence-electron chi connectivity index (χ0n) is 17.7. The summed E-state index contributed by atoms with van der Waals surface area (Å²) in [4.78, 5) is 12.7. The lowest BCUT2D eigenvalue weighted by Gasteiger charge is -2.13. The SMILES string of the molecule is COc1ccc(Br)cc1C(=O)N/N=C\c1c(OCc2ccccc2Cl)ccc2ccccc12. The van der Waals surface area contributed by atoms with Crippen molar-refractivity contribution in [3.05, 3.63) is 105 Å². The number of benzene rings is 4. The van der Waals surface area contributed by atoms with Crippen molar-refractivity contribution in [3.8, 4) is 11.5 Å². The fourth-order valence-corrected chi connectivity index (χ4v) is 3.93. The largest absolute Gasteiger partial charge is 0.496 e. The van der Waals surface area contributed by atoms with Gasteiger partial charge in [-0.15, -0.1) is 0 Å². The van der Waals surface area contributed by atoms with E-state index in [-0.39, 0.29) is 5.91 Å². The van der Waals surface area contributed by atoms with Crippen molar-refractivity contribution in [2.75, 3.05) is 7.11 Å². The fraction of sp³-hybridized carbons (Fsp3) is 0.0769. The minimum absolute atomic E-state index is 0.306. The lowest BCUT2D eigenvalue weighted by atomic mass is 10.0. The molecule has 4 rings (SSSR count). The molecule has 0 saturated carbocycles. The Morgan fingerprint density at radius 3 is 2.61 bits per heavy atom.